The van der Waals surface area contributed by atoms with Crippen molar-refractivity contribution in [1.82, 2.24) is 19.1 Å². The first-order valence-electron chi connectivity index (χ1n) is 40.4. The Morgan fingerprint density at radius 1 is 0.261 bits per heavy atom. The standard InChI is InChI=1S/C109H99N5O/c1-105(2,3)87-47-49-111-103(67-87)114-98-46-43-75(80-53-81(83-60-88(106(4,5)6)65-89(61-83)107(7,8)9)55-82(54-80)84-62-90(108(10,11)12)66-91(63-84)109(13,14)15)64-97(98)96-45-44-92(68-101(96)114)115-93-48-50-110-102(69-93)112-70-113(100-42-29-28-41-99(100)112)104-94(85-56-76(71-31-20-16-21-32-71)51-77(57-85)72-33-22-17-23-34-72)39-30-40-95(104)86-58-78(73-35-24-18-25-36-73)52-79(59-86)74-37-26-19-27-38-74/h16-69H,1-15H3. The zero-order valence-electron chi connectivity index (χ0n) is 68.8. The molecule has 566 valence electrons. The van der Waals surface area contributed by atoms with Crippen LogP contribution in [-0.4, -0.2) is 19.1 Å². The van der Waals surface area contributed by atoms with Crippen LogP contribution in [0.4, 0.5) is 0 Å². The van der Waals surface area contributed by atoms with Gasteiger partial charge in [-0.25, -0.2) is 4.98 Å². The molecule has 0 spiro atoms. The van der Waals surface area contributed by atoms with E-state index in [2.05, 4.69) is 427 Å². The molecule has 0 saturated heterocycles. The fourth-order valence-electron chi connectivity index (χ4n) is 16.1. The molecule has 6 heteroatoms. The number of para-hydroxylation sites is 3. The van der Waals surface area contributed by atoms with Crippen molar-refractivity contribution in [3.05, 3.63) is 362 Å². The molecule has 13 aromatic carbocycles. The van der Waals surface area contributed by atoms with Crippen LogP contribution in [0.2, 0.25) is 0 Å². The third kappa shape index (κ3) is 15.2. The summed E-state index contributed by atoms with van der Waals surface area (Å²) in [6, 6.07) is 116. The van der Waals surface area contributed by atoms with Gasteiger partial charge in [-0.1, -0.05) is 310 Å². The second-order valence-electron chi connectivity index (χ2n) is 36.3. The van der Waals surface area contributed by atoms with Gasteiger partial charge in [0.15, 0.2) is 5.82 Å². The molecule has 6 nitrogen and oxygen atoms in total. The summed E-state index contributed by atoms with van der Waals surface area (Å²) in [5, 5.41) is 2.20. The smallest absolute Gasteiger partial charge is 0.271 e. The van der Waals surface area contributed by atoms with Gasteiger partial charge in [-0.05, 0) is 252 Å². The van der Waals surface area contributed by atoms with E-state index in [4.69, 9.17) is 14.7 Å². The van der Waals surface area contributed by atoms with Gasteiger partial charge >= 0.3 is 0 Å². The Balaban J connectivity index is 0.818. The van der Waals surface area contributed by atoms with E-state index in [0.29, 0.717) is 17.3 Å². The Morgan fingerprint density at radius 2 is 0.652 bits per heavy atom. The van der Waals surface area contributed by atoms with Crippen molar-refractivity contribution in [2.75, 3.05) is 0 Å². The highest BCUT2D eigenvalue weighted by atomic mass is 16.5. The quantitative estimate of drug-likeness (QED) is 0.0805. The minimum Gasteiger partial charge on any atom is -0.458 e. The molecule has 0 radical (unpaired) electrons. The van der Waals surface area contributed by atoms with Crippen LogP contribution >= 0.6 is 0 Å². The molecule has 0 aliphatic carbocycles. The van der Waals surface area contributed by atoms with E-state index >= 15 is 0 Å². The van der Waals surface area contributed by atoms with Crippen LogP contribution in [0.25, 0.3) is 150 Å². The number of rotatable bonds is 14. The molecule has 0 saturated carbocycles. The number of aromatic nitrogens is 5. The minimum atomic E-state index is -0.130. The van der Waals surface area contributed by atoms with Crippen LogP contribution in [0.1, 0.15) is 132 Å². The van der Waals surface area contributed by atoms with Gasteiger partial charge in [0.1, 0.15) is 17.3 Å². The van der Waals surface area contributed by atoms with Crippen LogP contribution in [0, 0.1) is 6.33 Å². The highest BCUT2D eigenvalue weighted by Gasteiger charge is 2.28. The zero-order chi connectivity index (χ0) is 79.9. The third-order valence-corrected chi connectivity index (χ3v) is 22.8. The molecule has 0 fully saturated rings. The highest BCUT2D eigenvalue weighted by molar-refractivity contribution is 6.11. The Labute approximate surface area is 678 Å². The average Bonchev–Trinajstić information content (AvgIpc) is 1.44. The third-order valence-electron chi connectivity index (χ3n) is 22.8. The Bertz CT molecular complexity index is 6130. The minimum absolute atomic E-state index is 0.0626. The average molecular weight is 1500 g/mol. The molecule has 0 aliphatic heterocycles. The van der Waals surface area contributed by atoms with Gasteiger partial charge in [-0.2, -0.15) is 0 Å². The van der Waals surface area contributed by atoms with Gasteiger partial charge in [-0.3, -0.25) is 18.7 Å². The topological polar surface area (TPSA) is 48.8 Å². The predicted molar refractivity (Wildman–Crippen MR) is 483 cm³/mol. The lowest BCUT2D eigenvalue weighted by Gasteiger charge is -2.27. The number of ether oxygens (including phenoxy) is 1. The van der Waals surface area contributed by atoms with Crippen LogP contribution in [0.15, 0.2) is 328 Å². The van der Waals surface area contributed by atoms with Crippen molar-refractivity contribution in [2.45, 2.75) is 131 Å². The normalized spacial score (nSPS) is 12.3. The number of nitrogens with zero attached hydrogens (tertiary/aromatic N) is 5. The number of benzene rings is 13. The summed E-state index contributed by atoms with van der Waals surface area (Å²) in [5.41, 5.74) is 31.3. The Hall–Kier alpha value is -12.8. The van der Waals surface area contributed by atoms with Gasteiger partial charge in [0, 0.05) is 35.3 Å². The first-order chi connectivity index (χ1) is 55.1. The molecular weight excluding hydrogens is 1400 g/mol. The number of fused-ring (bicyclic) bond motifs is 4. The van der Waals surface area contributed by atoms with Crippen molar-refractivity contribution in [1.29, 1.82) is 0 Å². The maximum atomic E-state index is 7.17. The van der Waals surface area contributed by atoms with Crippen molar-refractivity contribution in [3.63, 3.8) is 0 Å². The predicted octanol–water partition coefficient (Wildman–Crippen LogP) is 28.9. The molecule has 17 rings (SSSR count). The number of hydrogen-bond acceptors (Lipinski definition) is 3. The molecule has 0 amide bonds. The van der Waals surface area contributed by atoms with Gasteiger partial charge in [0.2, 0.25) is 0 Å². The first kappa shape index (κ1) is 74.9. The molecule has 0 N–H and O–H groups in total. The largest absolute Gasteiger partial charge is 0.458 e. The number of hydrogen-bond donors (Lipinski definition) is 0. The summed E-state index contributed by atoms with van der Waals surface area (Å²) in [6.45, 7) is 34.7. The number of pyridine rings is 2. The second kappa shape index (κ2) is 29.3. The molecule has 0 unspecified atom stereocenters. The van der Waals surface area contributed by atoms with E-state index < -0.39 is 0 Å². The van der Waals surface area contributed by atoms with E-state index in [1.165, 1.54) is 50.1 Å². The number of imidazole rings is 1. The van der Waals surface area contributed by atoms with E-state index in [-0.39, 0.29) is 27.1 Å². The van der Waals surface area contributed by atoms with Crippen LogP contribution < -0.4 is 9.30 Å². The Kier molecular flexibility index (Phi) is 19.1. The van der Waals surface area contributed by atoms with Crippen LogP contribution in [0.3, 0.4) is 0 Å². The van der Waals surface area contributed by atoms with E-state index in [1.54, 1.807) is 0 Å². The van der Waals surface area contributed by atoms with Crippen LogP contribution in [-0.2, 0) is 27.1 Å². The van der Waals surface area contributed by atoms with Crippen molar-refractivity contribution >= 4 is 32.8 Å². The molecule has 4 heterocycles. The summed E-state index contributed by atoms with van der Waals surface area (Å²) >= 11 is 0. The lowest BCUT2D eigenvalue weighted by atomic mass is 9.78. The maximum absolute atomic E-state index is 7.17. The van der Waals surface area contributed by atoms with E-state index in [1.807, 2.05) is 24.5 Å². The summed E-state index contributed by atoms with van der Waals surface area (Å²) in [4.78, 5) is 10.4. The highest BCUT2D eigenvalue weighted by Crippen LogP contribution is 2.46. The Morgan fingerprint density at radius 3 is 1.11 bits per heavy atom. The van der Waals surface area contributed by atoms with Crippen molar-refractivity contribution in [2.24, 2.45) is 0 Å². The summed E-state index contributed by atoms with van der Waals surface area (Å²) < 4.78 is 13.8. The van der Waals surface area contributed by atoms with Crippen molar-refractivity contribution < 1.29 is 9.30 Å². The van der Waals surface area contributed by atoms with Crippen LogP contribution in [0.5, 0.6) is 11.5 Å². The summed E-state index contributed by atoms with van der Waals surface area (Å²) in [5.74, 6) is 2.78. The zero-order valence-corrected chi connectivity index (χ0v) is 68.8. The van der Waals surface area contributed by atoms with E-state index in [9.17, 15) is 0 Å². The lowest BCUT2D eigenvalue weighted by Crippen LogP contribution is -2.31. The fourth-order valence-corrected chi connectivity index (χ4v) is 16.1. The SMILES string of the molecule is CC(C)(C)c1cc(-c2cc(-c3cc(C(C)(C)C)cc(C(C)(C)C)c3)cc(-c3ccc4c(c3)c3ccc(Oc5ccnc(-n6[c-][n+](-c7c(-c8cc(-c9ccccc9)cc(-c9ccccc9)c8)cccc7-c7cc(-c8ccccc8)cc(-c8ccccc8)c7)c7ccccc76)c5)cc3n4-c3cc(C(C)(C)C)ccn3)c2)cc(C(C)(C)C)c1. The first-order valence-corrected chi connectivity index (χ1v) is 40.4. The molecular formula is C109H99N5O. The lowest BCUT2D eigenvalue weighted by molar-refractivity contribution is -0.571. The van der Waals surface area contributed by atoms with Crippen molar-refractivity contribution in [3.8, 4) is 129 Å². The molecule has 0 atom stereocenters. The van der Waals surface area contributed by atoms with Gasteiger partial charge in [0.25, 0.3) is 6.33 Å². The fraction of sp³-hybridized carbons (Fsp3) is 0.183. The summed E-state index contributed by atoms with van der Waals surface area (Å²) in [7, 11) is 0. The van der Waals surface area contributed by atoms with Gasteiger partial charge in [-0.15, -0.1) is 0 Å². The second-order valence-corrected chi connectivity index (χ2v) is 36.3. The molecule has 17 aromatic rings. The summed E-state index contributed by atoms with van der Waals surface area (Å²) in [6.07, 6.45) is 7.77. The van der Waals surface area contributed by atoms with Gasteiger partial charge in [0.05, 0.1) is 27.8 Å². The molecule has 115 heavy (non-hydrogen) atoms. The maximum Gasteiger partial charge on any atom is 0.271 e. The molecule has 0 bridgehead atoms. The molecule has 4 aromatic heterocycles. The monoisotopic (exact) mass is 1490 g/mol. The van der Waals surface area contributed by atoms with E-state index in [0.717, 1.165) is 122 Å². The van der Waals surface area contributed by atoms with Gasteiger partial charge < -0.3 is 4.74 Å². The molecule has 0 aliphatic rings.